The lowest BCUT2D eigenvalue weighted by atomic mass is 10.5. The second-order valence-electron chi connectivity index (χ2n) is 0.869. The maximum atomic E-state index is 9.77. The third kappa shape index (κ3) is 2.22. The maximum absolute atomic E-state index is 9.77. The van der Waals surface area contributed by atoms with Crippen LogP contribution in [0.15, 0.2) is 0 Å². The quantitative estimate of drug-likeness (QED) is 0.346. The molecule has 0 aromatic heterocycles. The van der Waals surface area contributed by atoms with Crippen molar-refractivity contribution in [1.29, 1.82) is 0 Å². The Bertz CT molecular complexity index is 98.4. The maximum Gasteiger partial charge on any atom is 0.187 e. The number of rotatable bonds is 2. The molecule has 0 amide bonds. The van der Waals surface area contributed by atoms with Gasteiger partial charge in [-0.1, -0.05) is 0 Å². The number of aliphatic carboxylic acids is 1. The highest BCUT2D eigenvalue weighted by atomic mass is 32.1. The van der Waals surface area contributed by atoms with Crippen LogP contribution in [0.2, 0.25) is 0 Å². The van der Waals surface area contributed by atoms with Gasteiger partial charge in [-0.3, -0.25) is 4.79 Å². The summed E-state index contributed by atoms with van der Waals surface area (Å²) in [4.78, 5) is 19.2. The fourth-order valence-corrected chi connectivity index (χ4v) is 0.194. The van der Waals surface area contributed by atoms with Crippen LogP contribution in [0.1, 0.15) is 0 Å². The zero-order valence-electron chi connectivity index (χ0n) is 3.38. The van der Waals surface area contributed by atoms with Crippen molar-refractivity contribution in [3.8, 4) is 0 Å². The predicted molar refractivity (Wildman–Crippen MR) is 23.9 cm³/mol. The fourth-order valence-electron chi connectivity index (χ4n) is 0.0645. The number of ketones is 1. The average molecular weight is 119 g/mol. The highest BCUT2D eigenvalue weighted by Gasteiger charge is 1.94. The van der Waals surface area contributed by atoms with Crippen LogP contribution < -0.4 is 5.11 Å². The van der Waals surface area contributed by atoms with Crippen molar-refractivity contribution in [3.05, 3.63) is 0 Å². The van der Waals surface area contributed by atoms with Gasteiger partial charge in [-0.2, -0.15) is 12.6 Å². The zero-order chi connectivity index (χ0) is 5.86. The Hall–Kier alpha value is -0.510. The number of carboxylic acids is 1. The summed E-state index contributed by atoms with van der Waals surface area (Å²) in [6.45, 7) is 0. The molecule has 0 radical (unpaired) electrons. The van der Waals surface area contributed by atoms with Crippen molar-refractivity contribution in [1.82, 2.24) is 0 Å². The van der Waals surface area contributed by atoms with Crippen molar-refractivity contribution in [2.45, 2.75) is 0 Å². The molecule has 0 aromatic carbocycles. The molecule has 0 atom stereocenters. The summed E-state index contributed by atoms with van der Waals surface area (Å²) >= 11 is 3.38. The number of thiol groups is 1. The van der Waals surface area contributed by atoms with E-state index < -0.39 is 11.8 Å². The second-order valence-corrected chi connectivity index (χ2v) is 1.18. The first kappa shape index (κ1) is 6.49. The molecule has 0 aliphatic carbocycles. The van der Waals surface area contributed by atoms with E-state index in [1.165, 1.54) is 0 Å². The summed E-state index contributed by atoms with van der Waals surface area (Å²) in [5.41, 5.74) is 0. The Labute approximate surface area is 45.7 Å². The molecule has 3 nitrogen and oxygen atoms in total. The zero-order valence-corrected chi connectivity index (χ0v) is 4.27. The molecule has 4 heteroatoms. The van der Waals surface area contributed by atoms with Gasteiger partial charge in [0.1, 0.15) is 5.97 Å². The van der Waals surface area contributed by atoms with Crippen LogP contribution in [0, 0.1) is 0 Å². The molecule has 0 aromatic rings. The number of hydrogen-bond acceptors (Lipinski definition) is 4. The normalized spacial score (nSPS) is 8.14. The van der Waals surface area contributed by atoms with Crippen LogP contribution in [0.5, 0.6) is 0 Å². The van der Waals surface area contributed by atoms with Gasteiger partial charge in [-0.15, -0.1) is 0 Å². The summed E-state index contributed by atoms with van der Waals surface area (Å²) in [7, 11) is 0. The van der Waals surface area contributed by atoms with Crippen LogP contribution in [0.25, 0.3) is 0 Å². The topological polar surface area (TPSA) is 57.2 Å². The van der Waals surface area contributed by atoms with E-state index in [4.69, 9.17) is 0 Å². The third-order valence-electron chi connectivity index (χ3n) is 0.371. The van der Waals surface area contributed by atoms with Crippen molar-refractivity contribution < 1.29 is 14.7 Å². The van der Waals surface area contributed by atoms with E-state index >= 15 is 0 Å². The average Bonchev–Trinajstić information content (AvgIpc) is 1.65. The number of carboxylic acid groups (broad SMARTS) is 1. The van der Waals surface area contributed by atoms with Gasteiger partial charge < -0.3 is 9.90 Å². The van der Waals surface area contributed by atoms with Gasteiger partial charge in [-0.25, -0.2) is 0 Å². The van der Waals surface area contributed by atoms with E-state index in [1.807, 2.05) is 0 Å². The molecule has 40 valence electrons. The van der Waals surface area contributed by atoms with E-state index in [2.05, 4.69) is 12.6 Å². The molecule has 0 bridgehead atoms. The molecule has 0 aliphatic heterocycles. The van der Waals surface area contributed by atoms with Crippen LogP contribution >= 0.6 is 12.6 Å². The summed E-state index contributed by atoms with van der Waals surface area (Å²) in [5.74, 6) is -2.94. The van der Waals surface area contributed by atoms with E-state index in [1.54, 1.807) is 0 Å². The number of carbonyl (C=O) groups is 2. The molecule has 0 fully saturated rings. The number of Topliss-reactive ketones (excluding diaryl/α,β-unsaturated/α-hetero) is 1. The van der Waals surface area contributed by atoms with Crippen molar-refractivity contribution >= 4 is 24.4 Å². The van der Waals surface area contributed by atoms with E-state index in [0.717, 1.165) is 0 Å². The smallest absolute Gasteiger partial charge is 0.187 e. The molecule has 0 saturated heterocycles. The summed E-state index contributed by atoms with van der Waals surface area (Å²) < 4.78 is 0. The van der Waals surface area contributed by atoms with Gasteiger partial charge in [0.25, 0.3) is 0 Å². The third-order valence-corrected chi connectivity index (χ3v) is 0.658. The minimum Gasteiger partial charge on any atom is -0.542 e. The van der Waals surface area contributed by atoms with E-state index in [-0.39, 0.29) is 5.75 Å². The van der Waals surface area contributed by atoms with Crippen molar-refractivity contribution in [3.63, 3.8) is 0 Å². The first-order valence-corrected chi connectivity index (χ1v) is 2.16. The Morgan fingerprint density at radius 1 is 1.57 bits per heavy atom. The van der Waals surface area contributed by atoms with Gasteiger partial charge >= 0.3 is 0 Å². The Morgan fingerprint density at radius 3 is 2.00 bits per heavy atom. The second kappa shape index (κ2) is 2.63. The fraction of sp³-hybridized carbons (Fsp3) is 0.333. The highest BCUT2D eigenvalue weighted by Crippen LogP contribution is 1.72. The largest absolute Gasteiger partial charge is 0.542 e. The Morgan fingerprint density at radius 2 is 2.00 bits per heavy atom. The van der Waals surface area contributed by atoms with Crippen molar-refractivity contribution in [2.24, 2.45) is 0 Å². The Balaban J connectivity index is 3.58. The minimum atomic E-state index is -1.67. The monoisotopic (exact) mass is 119 g/mol. The molecule has 0 unspecified atom stereocenters. The van der Waals surface area contributed by atoms with Gasteiger partial charge in [0, 0.05) is 0 Å². The lowest BCUT2D eigenvalue weighted by molar-refractivity contribution is -0.299. The van der Waals surface area contributed by atoms with Gasteiger partial charge in [-0.05, 0) is 0 Å². The molecule has 0 spiro atoms. The van der Waals surface area contributed by atoms with E-state index in [9.17, 15) is 14.7 Å². The molecule has 0 heterocycles. The molecule has 7 heavy (non-hydrogen) atoms. The summed E-state index contributed by atoms with van der Waals surface area (Å²) in [5, 5.41) is 9.42. The molecule has 0 rings (SSSR count). The lowest BCUT2D eigenvalue weighted by Gasteiger charge is -1.91. The van der Waals surface area contributed by atoms with Crippen LogP contribution in [0.3, 0.4) is 0 Å². The van der Waals surface area contributed by atoms with Crippen LogP contribution in [0.4, 0.5) is 0 Å². The molecule has 0 N–H and O–H groups in total. The minimum absolute atomic E-state index is 0.289. The molecular weight excluding hydrogens is 116 g/mol. The van der Waals surface area contributed by atoms with Gasteiger partial charge in [0.15, 0.2) is 5.78 Å². The van der Waals surface area contributed by atoms with Gasteiger partial charge in [0.2, 0.25) is 0 Å². The predicted octanol–water partition coefficient (Wildman–Crippen LogP) is -1.76. The molecular formula is C3H3O3S-. The standard InChI is InChI=1S/C3H4O3S/c4-2(1-7)3(5)6/h7H,1H2,(H,5,6)/p-1. The number of hydrogen-bond donors (Lipinski definition) is 1. The first-order chi connectivity index (χ1) is 3.18. The summed E-state index contributed by atoms with van der Waals surface area (Å²) in [6, 6.07) is 0. The molecule has 0 aliphatic rings. The van der Waals surface area contributed by atoms with Crippen molar-refractivity contribution in [2.75, 3.05) is 5.75 Å². The SMILES string of the molecule is O=C([O-])C(=O)CS. The van der Waals surface area contributed by atoms with Crippen LogP contribution in [-0.2, 0) is 9.59 Å². The first-order valence-electron chi connectivity index (χ1n) is 1.53. The molecule has 0 saturated carbocycles. The number of carbonyl (C=O) groups excluding carboxylic acids is 2. The van der Waals surface area contributed by atoms with Crippen LogP contribution in [-0.4, -0.2) is 17.5 Å². The highest BCUT2D eigenvalue weighted by molar-refractivity contribution is 7.81. The van der Waals surface area contributed by atoms with E-state index in [0.29, 0.717) is 0 Å². The Kier molecular flexibility index (Phi) is 2.44. The van der Waals surface area contributed by atoms with Gasteiger partial charge in [0.05, 0.1) is 5.75 Å². The lowest BCUT2D eigenvalue weighted by Crippen LogP contribution is -2.32. The summed E-state index contributed by atoms with van der Waals surface area (Å²) in [6.07, 6.45) is 0.